The third-order valence-electron chi connectivity index (χ3n) is 4.83. The highest BCUT2D eigenvalue weighted by Crippen LogP contribution is 2.36. The molecule has 0 bridgehead atoms. The Morgan fingerprint density at radius 3 is 2.51 bits per heavy atom. The van der Waals surface area contributed by atoms with Gasteiger partial charge < -0.3 is 14.8 Å². The van der Waals surface area contributed by atoms with E-state index in [1.54, 1.807) is 36.4 Å². The van der Waals surface area contributed by atoms with E-state index >= 15 is 0 Å². The normalized spacial score (nSPS) is 10.8. The van der Waals surface area contributed by atoms with Gasteiger partial charge in [0.25, 0.3) is 11.8 Å². The Labute approximate surface area is 217 Å². The Hall–Kier alpha value is -3.36. The van der Waals surface area contributed by atoms with Crippen LogP contribution in [0.25, 0.3) is 0 Å². The van der Waals surface area contributed by atoms with Crippen molar-refractivity contribution in [3.05, 3.63) is 86.3 Å². The zero-order chi connectivity index (χ0) is 25.4. The fourth-order valence-electron chi connectivity index (χ4n) is 3.09. The fourth-order valence-corrected chi connectivity index (χ4v) is 3.79. The number of hydrazone groups is 1. The van der Waals surface area contributed by atoms with Crippen molar-refractivity contribution in [3.63, 3.8) is 0 Å². The standard InChI is InChI=1S/C26H25BrClN3O4/c1-4-34-23-13-18(14-29-31-26(33)19-7-9-20(28)10-8-19)12-21(27)25(23)35-15-24(32)30-22-11-16(2)5-6-17(22)3/h5-14H,4,15H2,1-3H3,(H,30,32)(H,31,33)/b29-14+. The van der Waals surface area contributed by atoms with Gasteiger partial charge in [0.1, 0.15) is 0 Å². The van der Waals surface area contributed by atoms with E-state index in [0.29, 0.717) is 38.7 Å². The Balaban J connectivity index is 1.67. The third kappa shape index (κ3) is 7.56. The maximum atomic E-state index is 12.5. The Bertz CT molecular complexity index is 1250. The highest BCUT2D eigenvalue weighted by molar-refractivity contribution is 9.10. The minimum absolute atomic E-state index is 0.198. The summed E-state index contributed by atoms with van der Waals surface area (Å²) in [5.41, 5.74) is 6.32. The molecule has 3 rings (SSSR count). The molecule has 0 radical (unpaired) electrons. The van der Waals surface area contributed by atoms with Crippen molar-refractivity contribution < 1.29 is 19.1 Å². The molecule has 0 aliphatic heterocycles. The van der Waals surface area contributed by atoms with Crippen LogP contribution in [-0.4, -0.2) is 31.2 Å². The van der Waals surface area contributed by atoms with E-state index in [4.69, 9.17) is 21.1 Å². The maximum Gasteiger partial charge on any atom is 0.271 e. The van der Waals surface area contributed by atoms with Crippen LogP contribution in [-0.2, 0) is 4.79 Å². The number of benzene rings is 3. The number of carbonyl (C=O) groups is 2. The van der Waals surface area contributed by atoms with E-state index in [2.05, 4.69) is 31.8 Å². The smallest absolute Gasteiger partial charge is 0.271 e. The number of hydrogen-bond donors (Lipinski definition) is 2. The summed E-state index contributed by atoms with van der Waals surface area (Å²) in [4.78, 5) is 24.7. The van der Waals surface area contributed by atoms with Gasteiger partial charge in [0.15, 0.2) is 18.1 Å². The first-order chi connectivity index (χ1) is 16.8. The predicted octanol–water partition coefficient (Wildman–Crippen LogP) is 5.90. The molecule has 0 atom stereocenters. The first-order valence-corrected chi connectivity index (χ1v) is 12.0. The monoisotopic (exact) mass is 557 g/mol. The van der Waals surface area contributed by atoms with Gasteiger partial charge in [-0.15, -0.1) is 0 Å². The van der Waals surface area contributed by atoms with Crippen molar-refractivity contribution in [2.75, 3.05) is 18.5 Å². The number of nitrogens with zero attached hydrogens (tertiary/aromatic N) is 1. The molecular weight excluding hydrogens is 534 g/mol. The molecule has 3 aromatic rings. The molecule has 0 heterocycles. The van der Waals surface area contributed by atoms with E-state index in [1.807, 2.05) is 39.0 Å². The first-order valence-electron chi connectivity index (χ1n) is 10.8. The van der Waals surface area contributed by atoms with Crippen LogP contribution in [0.2, 0.25) is 5.02 Å². The molecule has 182 valence electrons. The van der Waals surface area contributed by atoms with E-state index in [9.17, 15) is 9.59 Å². The van der Waals surface area contributed by atoms with Crippen LogP contribution in [0.3, 0.4) is 0 Å². The van der Waals surface area contributed by atoms with Crippen LogP contribution >= 0.6 is 27.5 Å². The fraction of sp³-hybridized carbons (Fsp3) is 0.192. The summed E-state index contributed by atoms with van der Waals surface area (Å²) in [5.74, 6) is 0.178. The SMILES string of the molecule is CCOc1cc(/C=N/NC(=O)c2ccc(Cl)cc2)cc(Br)c1OCC(=O)Nc1cc(C)ccc1C. The van der Waals surface area contributed by atoms with Gasteiger partial charge in [0, 0.05) is 16.3 Å². The molecule has 0 unspecified atom stereocenters. The number of hydrogen-bond acceptors (Lipinski definition) is 5. The summed E-state index contributed by atoms with van der Waals surface area (Å²) in [6.07, 6.45) is 1.48. The van der Waals surface area contributed by atoms with Gasteiger partial charge in [-0.25, -0.2) is 5.43 Å². The molecule has 0 aliphatic carbocycles. The summed E-state index contributed by atoms with van der Waals surface area (Å²) >= 11 is 9.32. The minimum atomic E-state index is -0.364. The number of halogens is 2. The van der Waals surface area contributed by atoms with Crippen molar-refractivity contribution in [1.82, 2.24) is 5.43 Å². The molecule has 2 N–H and O–H groups in total. The molecule has 2 amide bonds. The largest absolute Gasteiger partial charge is 0.490 e. The highest BCUT2D eigenvalue weighted by atomic mass is 79.9. The summed E-state index contributed by atoms with van der Waals surface area (Å²) in [5, 5.41) is 7.42. The van der Waals surface area contributed by atoms with Gasteiger partial charge in [-0.1, -0.05) is 23.7 Å². The van der Waals surface area contributed by atoms with Crippen molar-refractivity contribution in [2.45, 2.75) is 20.8 Å². The third-order valence-corrected chi connectivity index (χ3v) is 5.67. The van der Waals surface area contributed by atoms with Gasteiger partial charge in [-0.3, -0.25) is 9.59 Å². The van der Waals surface area contributed by atoms with E-state index in [-0.39, 0.29) is 18.4 Å². The summed E-state index contributed by atoms with van der Waals surface area (Å²) in [7, 11) is 0. The molecule has 9 heteroatoms. The van der Waals surface area contributed by atoms with Gasteiger partial charge in [-0.05, 0) is 95.9 Å². The lowest BCUT2D eigenvalue weighted by atomic mass is 10.1. The first kappa shape index (κ1) is 26.2. The Morgan fingerprint density at radius 1 is 1.06 bits per heavy atom. The summed E-state index contributed by atoms with van der Waals surface area (Å²) in [6.45, 7) is 5.93. The molecular formula is C26H25BrClN3O4. The van der Waals surface area contributed by atoms with Gasteiger partial charge in [0.2, 0.25) is 0 Å². The van der Waals surface area contributed by atoms with Crippen LogP contribution in [0, 0.1) is 13.8 Å². The van der Waals surface area contributed by atoms with Crippen LogP contribution in [0.1, 0.15) is 34.0 Å². The van der Waals surface area contributed by atoms with E-state index in [1.165, 1.54) is 6.21 Å². The molecule has 0 saturated carbocycles. The second kappa shape index (κ2) is 12.4. The van der Waals surface area contributed by atoms with E-state index in [0.717, 1.165) is 16.8 Å². The lowest BCUT2D eigenvalue weighted by molar-refractivity contribution is -0.118. The quantitative estimate of drug-likeness (QED) is 0.253. The lowest BCUT2D eigenvalue weighted by Gasteiger charge is -2.15. The van der Waals surface area contributed by atoms with Crippen LogP contribution < -0.4 is 20.2 Å². The average molecular weight is 559 g/mol. The topological polar surface area (TPSA) is 89.0 Å². The number of ether oxygens (including phenoxy) is 2. The Morgan fingerprint density at radius 2 is 1.80 bits per heavy atom. The van der Waals surface area contributed by atoms with Crippen molar-refractivity contribution in [2.24, 2.45) is 5.10 Å². The zero-order valence-corrected chi connectivity index (χ0v) is 21.9. The number of aryl methyl sites for hydroxylation is 2. The number of carbonyl (C=O) groups excluding carboxylic acids is 2. The second-order valence-electron chi connectivity index (χ2n) is 7.62. The molecule has 0 aliphatic rings. The Kier molecular flexibility index (Phi) is 9.28. The lowest BCUT2D eigenvalue weighted by Crippen LogP contribution is -2.21. The summed E-state index contributed by atoms with van der Waals surface area (Å²) < 4.78 is 12.1. The number of nitrogens with one attached hydrogen (secondary N) is 2. The average Bonchev–Trinajstić information content (AvgIpc) is 2.81. The van der Waals surface area contributed by atoms with Crippen LogP contribution in [0.15, 0.2) is 64.2 Å². The molecule has 0 aromatic heterocycles. The predicted molar refractivity (Wildman–Crippen MR) is 142 cm³/mol. The van der Waals surface area contributed by atoms with E-state index < -0.39 is 0 Å². The van der Waals surface area contributed by atoms with Crippen LogP contribution in [0.5, 0.6) is 11.5 Å². The molecule has 0 spiro atoms. The van der Waals surface area contributed by atoms with Gasteiger partial charge >= 0.3 is 0 Å². The van der Waals surface area contributed by atoms with Crippen LogP contribution in [0.4, 0.5) is 5.69 Å². The zero-order valence-electron chi connectivity index (χ0n) is 19.5. The van der Waals surface area contributed by atoms with Crippen molar-refractivity contribution >= 4 is 51.2 Å². The molecule has 0 fully saturated rings. The number of anilines is 1. The van der Waals surface area contributed by atoms with Crippen molar-refractivity contribution in [1.29, 1.82) is 0 Å². The van der Waals surface area contributed by atoms with Crippen molar-refractivity contribution in [3.8, 4) is 11.5 Å². The molecule has 7 nitrogen and oxygen atoms in total. The number of rotatable bonds is 9. The van der Waals surface area contributed by atoms with Gasteiger partial charge in [0.05, 0.1) is 17.3 Å². The molecule has 0 saturated heterocycles. The molecule has 35 heavy (non-hydrogen) atoms. The molecule has 3 aromatic carbocycles. The van der Waals surface area contributed by atoms with Gasteiger partial charge in [-0.2, -0.15) is 5.10 Å². The minimum Gasteiger partial charge on any atom is -0.490 e. The number of amides is 2. The second-order valence-corrected chi connectivity index (χ2v) is 8.92. The summed E-state index contributed by atoms with van der Waals surface area (Å²) in [6, 6.07) is 15.8. The highest BCUT2D eigenvalue weighted by Gasteiger charge is 2.14. The maximum absolute atomic E-state index is 12.5.